The summed E-state index contributed by atoms with van der Waals surface area (Å²) >= 11 is 0. The minimum Gasteiger partial charge on any atom is -0.387 e. The van der Waals surface area contributed by atoms with Crippen molar-refractivity contribution in [2.24, 2.45) is 28.5 Å². The van der Waals surface area contributed by atoms with Crippen molar-refractivity contribution in [1.82, 2.24) is 0 Å². The molecule has 2 bridgehead atoms. The fraction of sp³-hybridized carbons (Fsp3) is 0.900. The summed E-state index contributed by atoms with van der Waals surface area (Å²) in [6.07, 6.45) is 5.58. The van der Waals surface area contributed by atoms with E-state index in [1.807, 2.05) is 0 Å². The van der Waals surface area contributed by atoms with Crippen molar-refractivity contribution in [1.29, 1.82) is 0 Å². The van der Waals surface area contributed by atoms with Crippen molar-refractivity contribution >= 4 is 5.84 Å². The number of nitrogens with two attached hydrogens (primary N) is 1. The van der Waals surface area contributed by atoms with Crippen molar-refractivity contribution in [3.05, 3.63) is 0 Å². The van der Waals surface area contributed by atoms with E-state index in [1.54, 1.807) is 0 Å². The van der Waals surface area contributed by atoms with Crippen LogP contribution in [-0.4, -0.2) is 12.4 Å². The molecule has 3 atom stereocenters. The van der Waals surface area contributed by atoms with Crippen LogP contribution in [0.4, 0.5) is 0 Å². The lowest BCUT2D eigenvalue weighted by atomic mass is 9.88. The topological polar surface area (TPSA) is 38.4 Å². The highest BCUT2D eigenvalue weighted by atomic mass is 14.9. The standard InChI is InChI=1S/C10H18N2/c1-2-12-10(11)9-6-7-3-4-8(9)5-7/h7-9H,2-6H2,1H3,(H2,11,12). The minimum atomic E-state index is 0.642. The summed E-state index contributed by atoms with van der Waals surface area (Å²) in [6.45, 7) is 2.90. The van der Waals surface area contributed by atoms with Crippen molar-refractivity contribution in [3.63, 3.8) is 0 Å². The van der Waals surface area contributed by atoms with Gasteiger partial charge in [-0.2, -0.15) is 0 Å². The highest BCUT2D eigenvalue weighted by Gasteiger charge is 2.40. The molecule has 2 saturated carbocycles. The van der Waals surface area contributed by atoms with E-state index in [9.17, 15) is 0 Å². The SMILES string of the molecule is CCN=C(N)C1CC2CCC1C2. The third kappa shape index (κ3) is 1.23. The van der Waals surface area contributed by atoms with Gasteiger partial charge in [0.1, 0.15) is 0 Å². The van der Waals surface area contributed by atoms with Gasteiger partial charge >= 0.3 is 0 Å². The molecular formula is C10H18N2. The number of fused-ring (bicyclic) bond motifs is 2. The zero-order valence-electron chi connectivity index (χ0n) is 7.79. The smallest absolute Gasteiger partial charge is 0.0971 e. The van der Waals surface area contributed by atoms with Crippen molar-refractivity contribution in [3.8, 4) is 0 Å². The van der Waals surface area contributed by atoms with Gasteiger partial charge in [-0.15, -0.1) is 0 Å². The molecule has 0 radical (unpaired) electrons. The molecule has 2 nitrogen and oxygen atoms in total. The number of rotatable bonds is 2. The van der Waals surface area contributed by atoms with Gasteiger partial charge in [0.15, 0.2) is 0 Å². The summed E-state index contributed by atoms with van der Waals surface area (Å²) in [7, 11) is 0. The van der Waals surface area contributed by atoms with E-state index < -0.39 is 0 Å². The molecule has 0 aliphatic heterocycles. The predicted octanol–water partition coefficient (Wildman–Crippen LogP) is 1.80. The molecule has 0 heterocycles. The molecule has 0 aromatic carbocycles. The summed E-state index contributed by atoms with van der Waals surface area (Å²) in [5.41, 5.74) is 5.93. The zero-order chi connectivity index (χ0) is 8.55. The zero-order valence-corrected chi connectivity index (χ0v) is 7.79. The van der Waals surface area contributed by atoms with Crippen LogP contribution in [0.3, 0.4) is 0 Å². The summed E-state index contributed by atoms with van der Waals surface area (Å²) in [6, 6.07) is 0. The van der Waals surface area contributed by atoms with Crippen LogP contribution in [0.25, 0.3) is 0 Å². The van der Waals surface area contributed by atoms with Crippen LogP contribution in [-0.2, 0) is 0 Å². The molecule has 2 aliphatic carbocycles. The quantitative estimate of drug-likeness (QED) is 0.493. The number of amidine groups is 1. The Morgan fingerprint density at radius 1 is 1.42 bits per heavy atom. The molecule has 2 heteroatoms. The van der Waals surface area contributed by atoms with Gasteiger partial charge in [0.2, 0.25) is 0 Å². The highest BCUT2D eigenvalue weighted by Crippen LogP contribution is 2.48. The Hall–Kier alpha value is -0.530. The third-order valence-electron chi connectivity index (χ3n) is 3.46. The van der Waals surface area contributed by atoms with Gasteiger partial charge < -0.3 is 5.73 Å². The third-order valence-corrected chi connectivity index (χ3v) is 3.46. The Kier molecular flexibility index (Phi) is 2.07. The second-order valence-electron chi connectivity index (χ2n) is 4.18. The first-order chi connectivity index (χ1) is 5.81. The van der Waals surface area contributed by atoms with Crippen molar-refractivity contribution in [2.75, 3.05) is 6.54 Å². The molecule has 2 aliphatic rings. The van der Waals surface area contributed by atoms with Crippen molar-refractivity contribution < 1.29 is 0 Å². The molecule has 12 heavy (non-hydrogen) atoms. The van der Waals surface area contributed by atoms with Crippen molar-refractivity contribution in [2.45, 2.75) is 32.6 Å². The fourth-order valence-corrected chi connectivity index (χ4v) is 2.91. The Labute approximate surface area is 74.2 Å². The molecule has 2 N–H and O–H groups in total. The number of aliphatic imine (C=N–C) groups is 1. The average molecular weight is 166 g/mol. The van der Waals surface area contributed by atoms with Gasteiger partial charge in [0, 0.05) is 12.5 Å². The minimum absolute atomic E-state index is 0.642. The lowest BCUT2D eigenvalue weighted by Crippen LogP contribution is -2.28. The van der Waals surface area contributed by atoms with Crippen LogP contribution in [0.5, 0.6) is 0 Å². The molecule has 0 aromatic rings. The van der Waals surface area contributed by atoms with Crippen LogP contribution in [0.15, 0.2) is 4.99 Å². The normalized spacial score (nSPS) is 40.8. The number of hydrogen-bond acceptors (Lipinski definition) is 1. The fourth-order valence-electron chi connectivity index (χ4n) is 2.91. The van der Waals surface area contributed by atoms with E-state index >= 15 is 0 Å². The molecule has 0 saturated heterocycles. The Morgan fingerprint density at radius 2 is 2.25 bits per heavy atom. The Morgan fingerprint density at radius 3 is 2.75 bits per heavy atom. The van der Waals surface area contributed by atoms with Crippen LogP contribution < -0.4 is 5.73 Å². The summed E-state index contributed by atoms with van der Waals surface area (Å²) in [5.74, 6) is 3.43. The summed E-state index contributed by atoms with van der Waals surface area (Å²) < 4.78 is 0. The Balaban J connectivity index is 2.02. The largest absolute Gasteiger partial charge is 0.387 e. The molecule has 3 unspecified atom stereocenters. The molecule has 0 spiro atoms. The van der Waals surface area contributed by atoms with Gasteiger partial charge in [-0.1, -0.05) is 6.42 Å². The molecule has 0 aromatic heterocycles. The Bertz CT molecular complexity index is 198. The molecule has 0 amide bonds. The van der Waals surface area contributed by atoms with Gasteiger partial charge in [-0.3, -0.25) is 4.99 Å². The predicted molar refractivity (Wildman–Crippen MR) is 51.1 cm³/mol. The monoisotopic (exact) mass is 166 g/mol. The first kappa shape index (κ1) is 8.09. The van der Waals surface area contributed by atoms with Crippen LogP contribution in [0.1, 0.15) is 32.6 Å². The van der Waals surface area contributed by atoms with E-state index in [4.69, 9.17) is 5.73 Å². The van der Waals surface area contributed by atoms with E-state index in [1.165, 1.54) is 25.7 Å². The maximum Gasteiger partial charge on any atom is 0.0971 e. The second kappa shape index (κ2) is 3.08. The van der Waals surface area contributed by atoms with E-state index in [2.05, 4.69) is 11.9 Å². The van der Waals surface area contributed by atoms with Gasteiger partial charge in [-0.25, -0.2) is 0 Å². The van der Waals surface area contributed by atoms with Gasteiger partial charge in [-0.05, 0) is 38.0 Å². The summed E-state index contributed by atoms with van der Waals surface area (Å²) in [5, 5.41) is 0. The van der Waals surface area contributed by atoms with E-state index in [-0.39, 0.29) is 0 Å². The lowest BCUT2D eigenvalue weighted by molar-refractivity contribution is 0.412. The molecule has 2 rings (SSSR count). The first-order valence-electron chi connectivity index (χ1n) is 5.11. The first-order valence-corrected chi connectivity index (χ1v) is 5.11. The maximum atomic E-state index is 5.93. The van der Waals surface area contributed by atoms with Gasteiger partial charge in [0.05, 0.1) is 5.84 Å². The second-order valence-corrected chi connectivity index (χ2v) is 4.18. The van der Waals surface area contributed by atoms with E-state index in [0.29, 0.717) is 5.92 Å². The van der Waals surface area contributed by atoms with Crippen LogP contribution in [0, 0.1) is 17.8 Å². The van der Waals surface area contributed by atoms with Gasteiger partial charge in [0.25, 0.3) is 0 Å². The molecule has 2 fully saturated rings. The number of hydrogen-bond donors (Lipinski definition) is 1. The lowest BCUT2D eigenvalue weighted by Gasteiger charge is -2.20. The molecular weight excluding hydrogens is 148 g/mol. The molecule has 68 valence electrons. The average Bonchev–Trinajstić information content (AvgIpc) is 2.64. The van der Waals surface area contributed by atoms with Crippen LogP contribution >= 0.6 is 0 Å². The van der Waals surface area contributed by atoms with Crippen LogP contribution in [0.2, 0.25) is 0 Å². The highest BCUT2D eigenvalue weighted by molar-refractivity contribution is 5.83. The summed E-state index contributed by atoms with van der Waals surface area (Å²) in [4.78, 5) is 4.32. The maximum absolute atomic E-state index is 5.93. The van der Waals surface area contributed by atoms with E-state index in [0.717, 1.165) is 24.2 Å². The number of nitrogens with zero attached hydrogens (tertiary/aromatic N) is 1.